The van der Waals surface area contributed by atoms with E-state index in [1.165, 1.54) is 0 Å². The van der Waals surface area contributed by atoms with Crippen molar-refractivity contribution in [3.8, 4) is 0 Å². The van der Waals surface area contributed by atoms with Gasteiger partial charge in [-0.25, -0.2) is 0 Å². The van der Waals surface area contributed by atoms with E-state index in [1.807, 2.05) is 73.1 Å². The van der Waals surface area contributed by atoms with E-state index < -0.39 is 12.1 Å². The van der Waals surface area contributed by atoms with Crippen molar-refractivity contribution in [3.05, 3.63) is 248 Å². The Bertz CT molecular complexity index is 3730. The number of pyridine rings is 4. The third kappa shape index (κ3) is 11.3. The predicted molar refractivity (Wildman–Crippen MR) is 293 cm³/mol. The molecule has 2 aliphatic rings. The Kier molecular flexibility index (Phi) is 14.9. The summed E-state index contributed by atoms with van der Waals surface area (Å²) in [5.74, 6) is -1.56. The number of fused-ring (bicyclic) bond motifs is 3. The van der Waals surface area contributed by atoms with Crippen molar-refractivity contribution >= 4 is 80.8 Å². The lowest BCUT2D eigenvalue weighted by atomic mass is 10.0. The van der Waals surface area contributed by atoms with Gasteiger partial charge in [-0.1, -0.05) is 89.9 Å². The monoisotopic (exact) mass is 1060 g/mol. The quantitative estimate of drug-likeness (QED) is 0.111. The number of amides is 4. The summed E-state index contributed by atoms with van der Waals surface area (Å²) in [4.78, 5) is 101. The van der Waals surface area contributed by atoms with E-state index in [4.69, 9.17) is 23.2 Å². The second-order valence-electron chi connectivity index (χ2n) is 18.6. The predicted octanol–water partition coefficient (Wildman–Crippen LogP) is 9.93. The van der Waals surface area contributed by atoms with Crippen LogP contribution in [-0.2, 0) is 42.6 Å². The van der Waals surface area contributed by atoms with Crippen LogP contribution in [0.2, 0.25) is 10.0 Å². The first kappa shape index (κ1) is 51.3. The summed E-state index contributed by atoms with van der Waals surface area (Å²) in [5.41, 5.74) is 8.79. The zero-order valence-electron chi connectivity index (χ0n) is 41.6. The van der Waals surface area contributed by atoms with Crippen LogP contribution in [0, 0.1) is 6.92 Å². The van der Waals surface area contributed by atoms with Gasteiger partial charge in [-0.05, 0) is 102 Å². The highest BCUT2D eigenvalue weighted by Gasteiger charge is 2.38. The molecule has 2 unspecified atom stereocenters. The van der Waals surface area contributed by atoms with E-state index in [0.29, 0.717) is 71.8 Å². The second kappa shape index (κ2) is 22.3. The van der Waals surface area contributed by atoms with Gasteiger partial charge >= 0.3 is 0 Å². The molecule has 4 amide bonds. The molecule has 0 saturated heterocycles. The van der Waals surface area contributed by atoms with Crippen LogP contribution in [0.5, 0.6) is 0 Å². The first-order valence-electron chi connectivity index (χ1n) is 24.5. The first-order chi connectivity index (χ1) is 37.3. The molecule has 0 aliphatic carbocycles. The molecule has 2 atom stereocenters. The fraction of sp³-hybridized carbons (Fsp3) is 0.133. The number of ketones is 2. The maximum absolute atomic E-state index is 13.8. The highest BCUT2D eigenvalue weighted by atomic mass is 35.5. The number of aromatic nitrogens is 5. The van der Waals surface area contributed by atoms with Crippen LogP contribution < -0.4 is 10.6 Å². The van der Waals surface area contributed by atoms with Gasteiger partial charge in [-0.3, -0.25) is 48.7 Å². The van der Waals surface area contributed by atoms with Crippen molar-refractivity contribution in [1.29, 1.82) is 0 Å². The zero-order valence-corrected chi connectivity index (χ0v) is 43.1. The number of anilines is 2. The minimum absolute atomic E-state index is 0.139. The van der Waals surface area contributed by atoms with E-state index in [-0.39, 0.29) is 61.1 Å². The minimum atomic E-state index is -0.809. The summed E-state index contributed by atoms with van der Waals surface area (Å²) in [6.07, 6.45) is 8.92. The molecular formula is C60H47Cl2N9O6. The summed E-state index contributed by atoms with van der Waals surface area (Å²) >= 11 is 12.3. The number of nitrogens with zero attached hydrogens (tertiary/aromatic N) is 7. The number of hydrogen-bond acceptors (Lipinski definition) is 10. The van der Waals surface area contributed by atoms with E-state index in [2.05, 4.69) is 30.6 Å². The topological polar surface area (TPSA) is 189 Å². The number of aryl methyl sites for hydroxylation is 2. The Morgan fingerprint density at radius 3 is 1.55 bits per heavy atom. The van der Waals surface area contributed by atoms with Crippen molar-refractivity contribution in [2.24, 2.45) is 7.05 Å². The summed E-state index contributed by atoms with van der Waals surface area (Å²) in [5, 5.41) is 6.57. The van der Waals surface area contributed by atoms with Crippen molar-refractivity contribution in [3.63, 3.8) is 0 Å². The zero-order chi connectivity index (χ0) is 53.7. The Labute approximate surface area is 452 Å². The SMILES string of the molecule is Cc1ccc(C(=O)c2ccc(CN3C(=O)c4ccc(Cl)cc4NC(=O)C3Cc3ccccn3)cc2)nc1.Cn1cc(C(=O)c2ccc(CN3C(=O)c4ccc(Cl)cc4NC(=O)C3Cc3ccccn3)cc2)c2ncccc21. The minimum Gasteiger partial charge on any atom is -0.348 e. The molecule has 0 fully saturated rings. The first-order valence-corrected chi connectivity index (χ1v) is 25.3. The van der Waals surface area contributed by atoms with Crippen LogP contribution in [0.15, 0.2) is 177 Å². The third-order valence-corrected chi connectivity index (χ3v) is 13.8. The Morgan fingerprint density at radius 1 is 0.558 bits per heavy atom. The lowest BCUT2D eigenvalue weighted by molar-refractivity contribution is -0.121. The second-order valence-corrected chi connectivity index (χ2v) is 19.5. The van der Waals surface area contributed by atoms with Gasteiger partial charge in [0.15, 0.2) is 5.78 Å². The van der Waals surface area contributed by atoms with Gasteiger partial charge in [-0.15, -0.1) is 0 Å². The third-order valence-electron chi connectivity index (χ3n) is 13.3. The van der Waals surface area contributed by atoms with Crippen LogP contribution in [-0.4, -0.2) is 81.6 Å². The highest BCUT2D eigenvalue weighted by Crippen LogP contribution is 2.31. The molecule has 0 spiro atoms. The number of halogens is 2. The molecule has 5 aromatic heterocycles. The van der Waals surface area contributed by atoms with Crippen molar-refractivity contribution in [2.45, 2.75) is 44.9 Å². The van der Waals surface area contributed by atoms with Crippen LogP contribution in [0.25, 0.3) is 11.0 Å². The number of carbonyl (C=O) groups is 6. The van der Waals surface area contributed by atoms with Gasteiger partial charge in [0.25, 0.3) is 11.8 Å². The summed E-state index contributed by atoms with van der Waals surface area (Å²) in [6.45, 7) is 2.24. The Morgan fingerprint density at radius 2 is 1.06 bits per heavy atom. The highest BCUT2D eigenvalue weighted by molar-refractivity contribution is 6.31. The lowest BCUT2D eigenvalue weighted by Crippen LogP contribution is -2.46. The van der Waals surface area contributed by atoms with Crippen LogP contribution in [0.3, 0.4) is 0 Å². The van der Waals surface area contributed by atoms with E-state index in [9.17, 15) is 28.8 Å². The molecule has 17 heteroatoms. The Hall–Kier alpha value is -9.18. The van der Waals surface area contributed by atoms with Gasteiger partial charge in [0.1, 0.15) is 17.8 Å². The molecule has 0 bridgehead atoms. The fourth-order valence-corrected chi connectivity index (χ4v) is 9.67. The van der Waals surface area contributed by atoms with Gasteiger partial charge in [0.2, 0.25) is 17.6 Å². The number of hydrogen-bond donors (Lipinski definition) is 2. The lowest BCUT2D eigenvalue weighted by Gasteiger charge is -2.28. The van der Waals surface area contributed by atoms with Crippen LogP contribution in [0.1, 0.15) is 80.8 Å². The van der Waals surface area contributed by atoms with Crippen molar-refractivity contribution in [1.82, 2.24) is 34.3 Å². The standard InChI is InChI=1S/C31H24ClN5O3.C29H23ClN4O3/c1-36-18-24(28-26(36)6-4-14-34-28)29(38)20-9-7-19(8-10-20)17-37-27(16-22-5-2-3-13-33-22)30(39)35-25-15-21(32)11-12-23(25)31(37)40;1-18-5-12-24(32-16-18)27(35)20-8-6-19(7-9-20)17-34-26(15-22-4-2-3-13-31-22)28(36)33-25-14-21(30)10-11-23(25)29(34)37/h2-15,18,27H,16-17H2,1H3,(H,35,39);2-14,16,26H,15,17H2,1H3,(H,33,36). The average molecular weight is 1060 g/mol. The van der Waals surface area contributed by atoms with Gasteiger partial charge in [0, 0.05) is 96.5 Å². The van der Waals surface area contributed by atoms with Crippen molar-refractivity contribution < 1.29 is 28.8 Å². The fourth-order valence-electron chi connectivity index (χ4n) is 9.33. The molecule has 11 rings (SSSR count). The largest absolute Gasteiger partial charge is 0.348 e. The number of benzene rings is 4. The molecule has 2 N–H and O–H groups in total. The average Bonchev–Trinajstić information content (AvgIpc) is 3.73. The van der Waals surface area contributed by atoms with Crippen molar-refractivity contribution in [2.75, 3.05) is 10.6 Å². The van der Waals surface area contributed by atoms with E-state index in [1.54, 1.807) is 132 Å². The molecule has 15 nitrogen and oxygen atoms in total. The Balaban J connectivity index is 0.000000175. The molecule has 0 saturated carbocycles. The summed E-state index contributed by atoms with van der Waals surface area (Å²) in [7, 11) is 1.88. The molecular weight excluding hydrogens is 1010 g/mol. The smallest absolute Gasteiger partial charge is 0.256 e. The van der Waals surface area contributed by atoms with E-state index in [0.717, 1.165) is 22.2 Å². The normalized spacial score (nSPS) is 15.1. The van der Waals surface area contributed by atoms with Gasteiger partial charge in [-0.2, -0.15) is 0 Å². The van der Waals surface area contributed by atoms with E-state index >= 15 is 0 Å². The summed E-state index contributed by atoms with van der Waals surface area (Å²) < 4.78 is 1.88. The van der Waals surface area contributed by atoms with Gasteiger partial charge in [0.05, 0.1) is 39.1 Å². The molecule has 4 aromatic carbocycles. The molecule has 2 aliphatic heterocycles. The maximum Gasteiger partial charge on any atom is 0.256 e. The van der Waals surface area contributed by atoms with Gasteiger partial charge < -0.3 is 25.0 Å². The molecule has 7 heterocycles. The molecule has 382 valence electrons. The van der Waals surface area contributed by atoms with Crippen LogP contribution >= 0.6 is 23.2 Å². The maximum atomic E-state index is 13.8. The van der Waals surface area contributed by atoms with Crippen LogP contribution in [0.4, 0.5) is 11.4 Å². The molecule has 0 radical (unpaired) electrons. The number of carbonyl (C=O) groups excluding carboxylic acids is 6. The molecule has 9 aromatic rings. The summed E-state index contributed by atoms with van der Waals surface area (Å²) in [6, 6.07) is 40.4. The number of nitrogens with one attached hydrogen (secondary N) is 2. The molecule has 77 heavy (non-hydrogen) atoms. The number of rotatable bonds is 12.